The number of aromatic nitrogens is 2. The molecule has 2 aromatic heterocycles. The summed E-state index contributed by atoms with van der Waals surface area (Å²) in [6.45, 7) is 0. The summed E-state index contributed by atoms with van der Waals surface area (Å²) >= 11 is 2.03. The molecule has 0 spiro atoms. The van der Waals surface area contributed by atoms with Gasteiger partial charge in [0.25, 0.3) is 0 Å². The first-order chi connectivity index (χ1) is 6.24. The quantitative estimate of drug-likeness (QED) is 0.761. The summed E-state index contributed by atoms with van der Waals surface area (Å²) in [7, 11) is 0. The Kier molecular flexibility index (Phi) is 1.82. The molecule has 1 N–H and O–H groups in total. The Balaban J connectivity index is 2.84. The largest absolute Gasteiger partial charge is 0.478 e. The lowest BCUT2D eigenvalue weighted by molar-refractivity contribution is 0.0697. The van der Waals surface area contributed by atoms with Gasteiger partial charge in [-0.3, -0.25) is 4.79 Å². The molecular weight excluding hydrogens is 212 g/mol. The third-order valence-electron chi connectivity index (χ3n) is 1.46. The summed E-state index contributed by atoms with van der Waals surface area (Å²) in [5, 5.41) is 12.5. The number of aromatic carboxylic acids is 1. The van der Waals surface area contributed by atoms with E-state index in [1.165, 1.54) is 0 Å². The molecule has 0 fully saturated rings. The Morgan fingerprint density at radius 2 is 2.31 bits per heavy atom. The molecule has 66 valence electrons. The van der Waals surface area contributed by atoms with E-state index in [1.54, 1.807) is 0 Å². The van der Waals surface area contributed by atoms with Crippen LogP contribution in [0, 0.1) is 0 Å². The van der Waals surface area contributed by atoms with Gasteiger partial charge in [-0.2, -0.15) is 0 Å². The van der Waals surface area contributed by atoms with E-state index in [0.717, 1.165) is 22.9 Å². The van der Waals surface area contributed by atoms with E-state index in [9.17, 15) is 9.59 Å². The highest BCUT2D eigenvalue weighted by Crippen LogP contribution is 2.30. The zero-order valence-electron chi connectivity index (χ0n) is 6.05. The average molecular weight is 214 g/mol. The van der Waals surface area contributed by atoms with Gasteiger partial charge in [-0.25, -0.2) is 4.79 Å². The number of fused-ring (bicyclic) bond motifs is 1. The first-order valence-electron chi connectivity index (χ1n) is 3.17. The van der Waals surface area contributed by atoms with Crippen LogP contribution < -0.4 is 0 Å². The molecule has 0 amide bonds. The Labute approximate surface area is 79.8 Å². The number of aldehydes is 1. The molecule has 0 atom stereocenters. The van der Waals surface area contributed by atoms with Crippen molar-refractivity contribution in [1.82, 2.24) is 9.59 Å². The van der Waals surface area contributed by atoms with Crippen LogP contribution in [0.25, 0.3) is 9.53 Å². The van der Waals surface area contributed by atoms with Crippen molar-refractivity contribution in [2.75, 3.05) is 0 Å². The highest BCUT2D eigenvalue weighted by molar-refractivity contribution is 7.26. The zero-order chi connectivity index (χ0) is 9.42. The standard InChI is InChI=1S/C6H2N2O3S2/c9-1-2-3(6(10)11)4-5(12-2)7-8-13-4/h1H,(H,10,11). The SMILES string of the molecule is O=Cc1sc2nnsc2c1C(=O)O. The van der Waals surface area contributed by atoms with E-state index in [4.69, 9.17) is 5.11 Å². The lowest BCUT2D eigenvalue weighted by atomic mass is 10.3. The Morgan fingerprint density at radius 1 is 1.54 bits per heavy atom. The second-order valence-corrected chi connectivity index (χ2v) is 3.96. The second-order valence-electron chi connectivity index (χ2n) is 2.17. The molecule has 7 heteroatoms. The second kappa shape index (κ2) is 2.86. The molecule has 0 radical (unpaired) electrons. The fraction of sp³-hybridized carbons (Fsp3) is 0. The summed E-state index contributed by atoms with van der Waals surface area (Å²) in [4.78, 5) is 22.0. The number of carbonyl (C=O) groups is 2. The van der Waals surface area contributed by atoms with Gasteiger partial charge < -0.3 is 5.11 Å². The Morgan fingerprint density at radius 3 is 2.92 bits per heavy atom. The van der Waals surface area contributed by atoms with Gasteiger partial charge in [0.15, 0.2) is 11.1 Å². The predicted octanol–water partition coefficient (Wildman–Crippen LogP) is 1.26. The van der Waals surface area contributed by atoms with E-state index in [1.807, 2.05) is 0 Å². The number of hydrogen-bond acceptors (Lipinski definition) is 6. The van der Waals surface area contributed by atoms with Gasteiger partial charge in [0, 0.05) is 0 Å². The summed E-state index contributed by atoms with van der Waals surface area (Å²) in [6.07, 6.45) is 0.530. The summed E-state index contributed by atoms with van der Waals surface area (Å²) in [6, 6.07) is 0. The van der Waals surface area contributed by atoms with Gasteiger partial charge in [0.1, 0.15) is 10.3 Å². The van der Waals surface area contributed by atoms with E-state index in [-0.39, 0.29) is 10.4 Å². The Hall–Kier alpha value is -1.34. The van der Waals surface area contributed by atoms with E-state index >= 15 is 0 Å². The van der Waals surface area contributed by atoms with Crippen molar-refractivity contribution < 1.29 is 14.7 Å². The molecule has 0 aromatic carbocycles. The number of rotatable bonds is 2. The maximum absolute atomic E-state index is 10.8. The van der Waals surface area contributed by atoms with Crippen molar-refractivity contribution in [3.8, 4) is 0 Å². The van der Waals surface area contributed by atoms with Crippen molar-refractivity contribution in [1.29, 1.82) is 0 Å². The van der Waals surface area contributed by atoms with Crippen LogP contribution in [0.2, 0.25) is 0 Å². The molecule has 0 aliphatic heterocycles. The molecule has 0 saturated carbocycles. The van der Waals surface area contributed by atoms with Crippen molar-refractivity contribution in [3.63, 3.8) is 0 Å². The molecule has 5 nitrogen and oxygen atoms in total. The number of nitrogens with zero attached hydrogens (tertiary/aromatic N) is 2. The molecule has 2 rings (SSSR count). The maximum atomic E-state index is 10.8. The lowest BCUT2D eigenvalue weighted by Crippen LogP contribution is -1.97. The maximum Gasteiger partial charge on any atom is 0.338 e. The van der Waals surface area contributed by atoms with Crippen molar-refractivity contribution in [2.45, 2.75) is 0 Å². The third kappa shape index (κ3) is 1.12. The minimum Gasteiger partial charge on any atom is -0.478 e. The van der Waals surface area contributed by atoms with Gasteiger partial charge in [-0.15, -0.1) is 16.4 Å². The highest BCUT2D eigenvalue weighted by Gasteiger charge is 2.20. The molecule has 2 aromatic rings. The molecule has 0 unspecified atom stereocenters. The van der Waals surface area contributed by atoms with Crippen LogP contribution in [0.4, 0.5) is 0 Å². The molecule has 0 saturated heterocycles. The zero-order valence-corrected chi connectivity index (χ0v) is 7.68. The van der Waals surface area contributed by atoms with Crippen LogP contribution in [0.5, 0.6) is 0 Å². The van der Waals surface area contributed by atoms with E-state index < -0.39 is 5.97 Å². The molecule has 13 heavy (non-hydrogen) atoms. The molecule has 0 aliphatic carbocycles. The van der Waals surface area contributed by atoms with E-state index in [2.05, 4.69) is 9.59 Å². The van der Waals surface area contributed by atoms with Gasteiger partial charge in [0.05, 0.1) is 4.88 Å². The van der Waals surface area contributed by atoms with Gasteiger partial charge in [-0.1, -0.05) is 4.49 Å². The number of carboxylic acids is 1. The minimum absolute atomic E-state index is 0.0185. The van der Waals surface area contributed by atoms with Crippen LogP contribution in [0.1, 0.15) is 20.0 Å². The highest BCUT2D eigenvalue weighted by atomic mass is 32.1. The van der Waals surface area contributed by atoms with Crippen LogP contribution in [-0.2, 0) is 0 Å². The summed E-state index contributed by atoms with van der Waals surface area (Å²) < 4.78 is 4.07. The topological polar surface area (TPSA) is 80.2 Å². The van der Waals surface area contributed by atoms with Crippen molar-refractivity contribution in [3.05, 3.63) is 10.4 Å². The van der Waals surface area contributed by atoms with Gasteiger partial charge in [-0.05, 0) is 11.5 Å². The summed E-state index contributed by atoms with van der Waals surface area (Å²) in [5.74, 6) is -1.11. The Bertz CT molecular complexity index is 487. The van der Waals surface area contributed by atoms with Gasteiger partial charge >= 0.3 is 5.97 Å². The average Bonchev–Trinajstić information content (AvgIpc) is 2.59. The normalized spacial score (nSPS) is 10.5. The molecular formula is C6H2N2O3S2. The first-order valence-corrected chi connectivity index (χ1v) is 4.76. The number of hydrogen-bond donors (Lipinski definition) is 1. The number of carboxylic acid groups (broad SMARTS) is 1. The van der Waals surface area contributed by atoms with Crippen LogP contribution in [-0.4, -0.2) is 26.9 Å². The number of carbonyl (C=O) groups excluding carboxylic acids is 1. The van der Waals surface area contributed by atoms with Crippen LogP contribution >= 0.6 is 22.9 Å². The van der Waals surface area contributed by atoms with E-state index in [0.29, 0.717) is 15.8 Å². The predicted molar refractivity (Wildman–Crippen MR) is 47.6 cm³/mol. The third-order valence-corrected chi connectivity index (χ3v) is 3.33. The first kappa shape index (κ1) is 8.27. The van der Waals surface area contributed by atoms with Crippen molar-refractivity contribution in [2.24, 2.45) is 0 Å². The fourth-order valence-corrected chi connectivity index (χ4v) is 2.74. The lowest BCUT2D eigenvalue weighted by Gasteiger charge is -1.87. The fourth-order valence-electron chi connectivity index (χ4n) is 0.955. The van der Waals surface area contributed by atoms with Crippen LogP contribution in [0.15, 0.2) is 0 Å². The molecule has 2 heterocycles. The molecule has 0 bridgehead atoms. The minimum atomic E-state index is -1.11. The smallest absolute Gasteiger partial charge is 0.338 e. The monoisotopic (exact) mass is 214 g/mol. The van der Waals surface area contributed by atoms with Gasteiger partial charge in [0.2, 0.25) is 0 Å². The summed E-state index contributed by atoms with van der Waals surface area (Å²) in [5.41, 5.74) is 0.0185. The van der Waals surface area contributed by atoms with Crippen molar-refractivity contribution >= 4 is 44.7 Å². The van der Waals surface area contributed by atoms with Crippen LogP contribution in [0.3, 0.4) is 0 Å². The molecule has 0 aliphatic rings. The number of thiophene rings is 1.